The topological polar surface area (TPSA) is 157 Å². The van der Waals surface area contributed by atoms with Crippen molar-refractivity contribution in [3.8, 4) is 0 Å². The van der Waals surface area contributed by atoms with Crippen LogP contribution in [-0.2, 0) is 14.3 Å². The molecule has 1 fully saturated rings. The van der Waals surface area contributed by atoms with Crippen molar-refractivity contribution in [2.75, 3.05) is 6.61 Å². The van der Waals surface area contributed by atoms with Gasteiger partial charge < -0.3 is 40.1 Å². The van der Waals surface area contributed by atoms with Crippen molar-refractivity contribution < 1.29 is 44.9 Å². The fraction of sp³-hybridized carbons (Fsp3) is 0.720. The van der Waals surface area contributed by atoms with E-state index in [1.165, 1.54) is 18.6 Å². The van der Waals surface area contributed by atoms with Crippen LogP contribution in [0.25, 0.3) is 0 Å². The van der Waals surface area contributed by atoms with Crippen LogP contribution in [0.5, 0.6) is 0 Å². The second-order valence-corrected chi connectivity index (χ2v) is 9.68. The van der Waals surface area contributed by atoms with Gasteiger partial charge in [0.25, 0.3) is 0 Å². The summed E-state index contributed by atoms with van der Waals surface area (Å²) >= 11 is 0. The number of hydrogen-bond acceptors (Lipinski definition) is 8. The maximum Gasteiger partial charge on any atom is 0.331 e. The van der Waals surface area contributed by atoms with E-state index in [1.54, 1.807) is 0 Å². The third kappa shape index (κ3) is 10.4. The Morgan fingerprint density at radius 3 is 2.24 bits per heavy atom. The highest BCUT2D eigenvalue weighted by atomic mass is 16.7. The Labute approximate surface area is 202 Å². The Kier molecular flexibility index (Phi) is 12.6. The Hall–Kier alpha value is -1.59. The van der Waals surface area contributed by atoms with Crippen molar-refractivity contribution in [3.05, 3.63) is 34.9 Å². The van der Waals surface area contributed by atoms with Crippen molar-refractivity contribution in [3.63, 3.8) is 0 Å². The highest BCUT2D eigenvalue weighted by Gasteiger charge is 2.45. The lowest BCUT2D eigenvalue weighted by atomic mass is 9.97. The molecule has 9 heteroatoms. The van der Waals surface area contributed by atoms with Crippen LogP contribution in [-0.4, -0.2) is 85.6 Å². The summed E-state index contributed by atoms with van der Waals surface area (Å²) in [5.41, 5.74) is 1.62. The van der Waals surface area contributed by atoms with E-state index in [1.807, 2.05) is 33.8 Å². The van der Waals surface area contributed by atoms with Crippen LogP contribution in [0.4, 0.5) is 0 Å². The van der Waals surface area contributed by atoms with Gasteiger partial charge in [-0.3, -0.25) is 0 Å². The molecule has 34 heavy (non-hydrogen) atoms. The molecule has 196 valence electrons. The molecule has 0 saturated carbocycles. The Bertz CT molecular complexity index is 739. The molecule has 0 aliphatic carbocycles. The van der Waals surface area contributed by atoms with Crippen molar-refractivity contribution in [1.29, 1.82) is 0 Å². The van der Waals surface area contributed by atoms with Gasteiger partial charge in [-0.05, 0) is 72.8 Å². The summed E-state index contributed by atoms with van der Waals surface area (Å²) in [5.74, 6) is -1.04. The van der Waals surface area contributed by atoms with E-state index >= 15 is 0 Å². The largest absolute Gasteiger partial charge is 0.478 e. The summed E-state index contributed by atoms with van der Waals surface area (Å²) in [4.78, 5) is 10.8. The van der Waals surface area contributed by atoms with Gasteiger partial charge in [-0.2, -0.15) is 0 Å². The van der Waals surface area contributed by atoms with Crippen LogP contribution in [0.1, 0.15) is 66.7 Å². The van der Waals surface area contributed by atoms with Gasteiger partial charge >= 0.3 is 5.97 Å². The van der Waals surface area contributed by atoms with Gasteiger partial charge in [-0.25, -0.2) is 4.79 Å². The van der Waals surface area contributed by atoms with E-state index in [0.717, 1.165) is 24.8 Å². The van der Waals surface area contributed by atoms with Gasteiger partial charge in [0.2, 0.25) is 0 Å². The number of allylic oxidation sites excluding steroid dienone is 3. The summed E-state index contributed by atoms with van der Waals surface area (Å²) in [5, 5.41) is 58.1. The minimum absolute atomic E-state index is 0.123. The van der Waals surface area contributed by atoms with E-state index < -0.39 is 55.0 Å². The van der Waals surface area contributed by atoms with Gasteiger partial charge in [0.15, 0.2) is 6.29 Å². The van der Waals surface area contributed by atoms with Crippen LogP contribution in [0.15, 0.2) is 34.9 Å². The quantitative estimate of drug-likeness (QED) is 0.169. The van der Waals surface area contributed by atoms with Crippen molar-refractivity contribution in [2.45, 2.75) is 109 Å². The number of rotatable bonds is 13. The Morgan fingerprint density at radius 2 is 1.65 bits per heavy atom. The molecule has 9 nitrogen and oxygen atoms in total. The third-order valence-corrected chi connectivity index (χ3v) is 5.87. The normalized spacial score (nSPS) is 28.2. The molecule has 0 aromatic heterocycles. The van der Waals surface area contributed by atoms with Gasteiger partial charge in [0.1, 0.15) is 24.4 Å². The van der Waals surface area contributed by atoms with E-state index in [4.69, 9.17) is 14.6 Å². The molecule has 0 bridgehead atoms. The summed E-state index contributed by atoms with van der Waals surface area (Å²) in [6.07, 6.45) is 1.56. The van der Waals surface area contributed by atoms with Crippen LogP contribution in [0, 0.1) is 0 Å². The lowest BCUT2D eigenvalue weighted by Crippen LogP contribution is -2.60. The second kappa shape index (κ2) is 14.1. The maximum atomic E-state index is 10.8. The first kappa shape index (κ1) is 30.4. The third-order valence-electron chi connectivity index (χ3n) is 5.87. The fourth-order valence-electron chi connectivity index (χ4n) is 3.68. The van der Waals surface area contributed by atoms with Gasteiger partial charge in [0, 0.05) is 5.57 Å². The lowest BCUT2D eigenvalue weighted by molar-refractivity contribution is -0.323. The zero-order valence-electron chi connectivity index (χ0n) is 20.8. The number of carbonyl (C=O) groups is 1. The SMILES string of the molecule is C/C(=C\CCC(C)(C)O[C@@H]1OC(CO)[C@@H](O)C(O)[C@@H]1O)CC/C=C(\C)CC(O)/C=C(\C)C(=O)O. The standard InChI is InChI=1S/C25H42O9/c1-15(8-6-9-16(2)12-18(27)13-17(3)23(31)32)10-7-11-25(4,5)34-24-22(30)21(29)20(28)19(14-26)33-24/h9-10,13,18-22,24,26-30H,6-8,11-12,14H2,1-5H3,(H,31,32)/b15-10+,16-9+,17-13+/t18?,19?,20-,21?,22+,24+/m1/s1. The van der Waals surface area contributed by atoms with Crippen molar-refractivity contribution in [2.24, 2.45) is 0 Å². The number of carboxylic acid groups (broad SMARTS) is 1. The Balaban J connectivity index is 2.48. The number of aliphatic hydroxyl groups is 5. The zero-order chi connectivity index (χ0) is 26.1. The number of ether oxygens (including phenoxy) is 2. The molecule has 1 rings (SSSR count). The molecular weight excluding hydrogens is 444 g/mol. The van der Waals surface area contributed by atoms with Crippen LogP contribution >= 0.6 is 0 Å². The number of hydrogen-bond donors (Lipinski definition) is 6. The van der Waals surface area contributed by atoms with Gasteiger partial charge in [-0.1, -0.05) is 23.3 Å². The van der Waals surface area contributed by atoms with Crippen molar-refractivity contribution >= 4 is 5.97 Å². The smallest absolute Gasteiger partial charge is 0.331 e. The van der Waals surface area contributed by atoms with Crippen LogP contribution in [0.2, 0.25) is 0 Å². The summed E-state index contributed by atoms with van der Waals surface area (Å²) in [6.45, 7) is 8.58. The van der Waals surface area contributed by atoms with E-state index in [-0.39, 0.29) is 5.57 Å². The maximum absolute atomic E-state index is 10.8. The summed E-state index contributed by atoms with van der Waals surface area (Å²) in [7, 11) is 0. The Morgan fingerprint density at radius 1 is 1.03 bits per heavy atom. The molecule has 1 aliphatic heterocycles. The van der Waals surface area contributed by atoms with Crippen molar-refractivity contribution in [1.82, 2.24) is 0 Å². The van der Waals surface area contributed by atoms with E-state index in [9.17, 15) is 30.3 Å². The van der Waals surface area contributed by atoms with E-state index in [0.29, 0.717) is 12.8 Å². The predicted molar refractivity (Wildman–Crippen MR) is 127 cm³/mol. The molecule has 0 spiro atoms. The lowest BCUT2D eigenvalue weighted by Gasteiger charge is -2.42. The molecular formula is C25H42O9. The first-order chi connectivity index (χ1) is 15.8. The summed E-state index contributed by atoms with van der Waals surface area (Å²) < 4.78 is 11.3. The molecule has 6 N–H and O–H groups in total. The predicted octanol–water partition coefficient (Wildman–Crippen LogP) is 1.82. The van der Waals surface area contributed by atoms with E-state index in [2.05, 4.69) is 6.08 Å². The molecule has 0 aromatic carbocycles. The molecule has 3 unspecified atom stereocenters. The molecule has 1 heterocycles. The molecule has 6 atom stereocenters. The van der Waals surface area contributed by atoms with Gasteiger partial charge in [0.05, 0.1) is 18.3 Å². The highest BCUT2D eigenvalue weighted by molar-refractivity contribution is 5.85. The summed E-state index contributed by atoms with van der Waals surface area (Å²) in [6, 6.07) is 0. The number of aliphatic hydroxyl groups excluding tert-OH is 5. The molecule has 0 aromatic rings. The number of carboxylic acids is 1. The average molecular weight is 487 g/mol. The zero-order valence-corrected chi connectivity index (χ0v) is 20.8. The molecule has 0 radical (unpaired) electrons. The highest BCUT2D eigenvalue weighted by Crippen LogP contribution is 2.28. The minimum Gasteiger partial charge on any atom is -0.478 e. The first-order valence-corrected chi connectivity index (χ1v) is 11.7. The molecule has 0 amide bonds. The first-order valence-electron chi connectivity index (χ1n) is 11.7. The number of aliphatic carboxylic acids is 1. The second-order valence-electron chi connectivity index (χ2n) is 9.68. The fourth-order valence-corrected chi connectivity index (χ4v) is 3.68. The van der Waals surface area contributed by atoms with Crippen LogP contribution in [0.3, 0.4) is 0 Å². The molecule has 1 saturated heterocycles. The minimum atomic E-state index is -1.47. The molecule has 1 aliphatic rings. The monoisotopic (exact) mass is 486 g/mol. The average Bonchev–Trinajstić information content (AvgIpc) is 2.73. The van der Waals surface area contributed by atoms with Crippen LogP contribution < -0.4 is 0 Å². The van der Waals surface area contributed by atoms with Gasteiger partial charge in [-0.15, -0.1) is 0 Å².